The molecule has 0 saturated heterocycles. The van der Waals surface area contributed by atoms with Crippen molar-refractivity contribution in [3.8, 4) is 0 Å². The summed E-state index contributed by atoms with van der Waals surface area (Å²) in [5.74, 6) is -3.58. The van der Waals surface area contributed by atoms with E-state index in [4.69, 9.17) is 5.73 Å². The van der Waals surface area contributed by atoms with Gasteiger partial charge >= 0.3 is 5.97 Å². The van der Waals surface area contributed by atoms with E-state index in [0.29, 0.717) is 19.3 Å². The number of aromatic carboxylic acids is 1. The summed E-state index contributed by atoms with van der Waals surface area (Å²) in [4.78, 5) is 24.5. The van der Waals surface area contributed by atoms with Crippen molar-refractivity contribution in [2.75, 3.05) is 17.6 Å². The second-order valence-corrected chi connectivity index (χ2v) is 8.26. The van der Waals surface area contributed by atoms with Crippen LogP contribution in [0, 0.1) is 11.6 Å². The smallest absolute Gasteiger partial charge is 0.341 e. The third kappa shape index (κ3) is 5.01. The van der Waals surface area contributed by atoms with Crippen molar-refractivity contribution in [3.63, 3.8) is 0 Å². The molecular weight excluding hydrogens is 452 g/mol. The number of nitrogens with two attached hydrogens (primary N) is 1. The number of aromatic nitrogens is 1. The van der Waals surface area contributed by atoms with E-state index in [1.54, 1.807) is 0 Å². The maximum atomic E-state index is 15.7. The topological polar surface area (TPSA) is 97.3 Å². The molecule has 8 heteroatoms. The Labute approximate surface area is 200 Å². The number of benzene rings is 3. The number of nitrogens with zero attached hydrogens (tertiary/aromatic N) is 1. The van der Waals surface area contributed by atoms with E-state index in [0.717, 1.165) is 17.3 Å². The van der Waals surface area contributed by atoms with Gasteiger partial charge in [-0.25, -0.2) is 13.6 Å². The lowest BCUT2D eigenvalue weighted by molar-refractivity contribution is 0.0694. The number of fused-ring (bicyclic) bond motifs is 1. The molecule has 1 heterocycles. The molecule has 0 spiro atoms. The van der Waals surface area contributed by atoms with Gasteiger partial charge in [-0.2, -0.15) is 0 Å². The van der Waals surface area contributed by atoms with Crippen LogP contribution < -0.4 is 16.5 Å². The van der Waals surface area contributed by atoms with Crippen LogP contribution in [0.5, 0.6) is 0 Å². The number of halogens is 2. The highest BCUT2D eigenvalue weighted by Crippen LogP contribution is 2.33. The molecule has 4 N–H and O–H groups in total. The predicted molar refractivity (Wildman–Crippen MR) is 133 cm³/mol. The Morgan fingerprint density at radius 2 is 1.54 bits per heavy atom. The van der Waals surface area contributed by atoms with Crippen molar-refractivity contribution >= 4 is 28.2 Å². The second kappa shape index (κ2) is 10.4. The molecule has 0 unspecified atom stereocenters. The summed E-state index contributed by atoms with van der Waals surface area (Å²) in [5, 5.41) is 11.8. The van der Waals surface area contributed by atoms with Gasteiger partial charge in [0.15, 0.2) is 11.6 Å². The van der Waals surface area contributed by atoms with Crippen LogP contribution >= 0.6 is 0 Å². The van der Waals surface area contributed by atoms with E-state index in [-0.39, 0.29) is 18.6 Å². The van der Waals surface area contributed by atoms with Crippen LogP contribution in [0.15, 0.2) is 71.7 Å². The summed E-state index contributed by atoms with van der Waals surface area (Å²) >= 11 is 0. The molecule has 0 bridgehead atoms. The second-order valence-electron chi connectivity index (χ2n) is 8.26. The van der Waals surface area contributed by atoms with E-state index in [2.05, 4.69) is 5.32 Å². The Morgan fingerprint density at radius 3 is 2.14 bits per heavy atom. The first-order valence-electron chi connectivity index (χ1n) is 11.3. The van der Waals surface area contributed by atoms with Gasteiger partial charge in [0, 0.05) is 19.3 Å². The fourth-order valence-electron chi connectivity index (χ4n) is 4.14. The van der Waals surface area contributed by atoms with Gasteiger partial charge in [0.1, 0.15) is 11.3 Å². The van der Waals surface area contributed by atoms with Gasteiger partial charge in [-0.15, -0.1) is 0 Å². The molecule has 0 amide bonds. The minimum Gasteiger partial charge on any atom is -0.477 e. The number of hydrogen-bond acceptors (Lipinski definition) is 4. The maximum Gasteiger partial charge on any atom is 0.341 e. The predicted octanol–water partition coefficient (Wildman–Crippen LogP) is 4.85. The van der Waals surface area contributed by atoms with E-state index in [1.807, 2.05) is 60.7 Å². The number of hydrogen-bond donors (Lipinski definition) is 3. The van der Waals surface area contributed by atoms with E-state index in [9.17, 15) is 14.7 Å². The zero-order valence-electron chi connectivity index (χ0n) is 18.9. The monoisotopic (exact) mass is 477 g/mol. The molecule has 0 aliphatic rings. The Bertz CT molecular complexity index is 1420. The molecule has 6 nitrogen and oxygen atoms in total. The van der Waals surface area contributed by atoms with Crippen LogP contribution in [0.3, 0.4) is 0 Å². The highest BCUT2D eigenvalue weighted by molar-refractivity contribution is 5.99. The number of carboxylic acid groups (broad SMARTS) is 1. The number of aryl methyl sites for hydroxylation is 3. The van der Waals surface area contributed by atoms with Gasteiger partial charge in [0.25, 0.3) is 0 Å². The number of pyridine rings is 1. The molecule has 0 aliphatic carbocycles. The highest BCUT2D eigenvalue weighted by atomic mass is 19.1. The zero-order chi connectivity index (χ0) is 24.9. The molecule has 0 aliphatic heterocycles. The van der Waals surface area contributed by atoms with Gasteiger partial charge in [0.2, 0.25) is 5.43 Å². The fourth-order valence-corrected chi connectivity index (χ4v) is 4.14. The van der Waals surface area contributed by atoms with Crippen molar-refractivity contribution in [2.24, 2.45) is 0 Å². The first kappa shape index (κ1) is 23.9. The van der Waals surface area contributed by atoms with Crippen LogP contribution in [0.25, 0.3) is 10.9 Å². The van der Waals surface area contributed by atoms with Gasteiger partial charge in [0.05, 0.1) is 16.6 Å². The lowest BCUT2D eigenvalue weighted by Crippen LogP contribution is -2.22. The Balaban J connectivity index is 1.72. The van der Waals surface area contributed by atoms with Crippen LogP contribution in [0.4, 0.5) is 20.2 Å². The van der Waals surface area contributed by atoms with Gasteiger partial charge in [-0.3, -0.25) is 4.79 Å². The summed E-state index contributed by atoms with van der Waals surface area (Å²) in [6.45, 7) is 0.436. The Morgan fingerprint density at radius 1 is 0.943 bits per heavy atom. The summed E-state index contributed by atoms with van der Waals surface area (Å²) in [6, 6.07) is 19.0. The van der Waals surface area contributed by atoms with Crippen molar-refractivity contribution in [1.82, 2.24) is 4.57 Å². The molecule has 0 radical (unpaired) electrons. The van der Waals surface area contributed by atoms with Gasteiger partial charge < -0.3 is 20.7 Å². The number of nitrogens with one attached hydrogen (secondary N) is 1. The van der Waals surface area contributed by atoms with E-state index >= 15 is 8.78 Å². The molecule has 0 atom stereocenters. The number of carbonyl (C=O) groups is 1. The summed E-state index contributed by atoms with van der Waals surface area (Å²) in [6.07, 6.45) is 2.85. The molecule has 3 aromatic carbocycles. The van der Waals surface area contributed by atoms with Crippen molar-refractivity contribution in [3.05, 3.63) is 105 Å². The normalized spacial score (nSPS) is 11.0. The molecule has 180 valence electrons. The first-order valence-corrected chi connectivity index (χ1v) is 11.3. The average molecular weight is 478 g/mol. The Hall–Kier alpha value is -4.20. The third-order valence-corrected chi connectivity index (χ3v) is 5.93. The molecular formula is C27H25F2N3O3. The highest BCUT2D eigenvalue weighted by Gasteiger charge is 2.25. The summed E-state index contributed by atoms with van der Waals surface area (Å²) < 4.78 is 32.1. The lowest BCUT2D eigenvalue weighted by Gasteiger charge is -2.18. The number of nitrogen functional groups attached to an aromatic ring is 1. The molecule has 0 fully saturated rings. The quantitative estimate of drug-likeness (QED) is 0.237. The summed E-state index contributed by atoms with van der Waals surface area (Å²) in [7, 11) is 0. The van der Waals surface area contributed by atoms with Crippen LogP contribution in [0.1, 0.15) is 27.9 Å². The molecule has 4 aromatic rings. The zero-order valence-corrected chi connectivity index (χ0v) is 18.9. The van der Waals surface area contributed by atoms with E-state index < -0.39 is 45.4 Å². The first-order chi connectivity index (χ1) is 16.9. The van der Waals surface area contributed by atoms with Gasteiger partial charge in [-0.1, -0.05) is 60.7 Å². The van der Waals surface area contributed by atoms with Crippen LogP contribution in [-0.4, -0.2) is 22.2 Å². The number of rotatable bonds is 9. The molecule has 4 rings (SSSR count). The van der Waals surface area contributed by atoms with Crippen molar-refractivity contribution < 1.29 is 18.7 Å². The minimum absolute atomic E-state index is 0.163. The fraction of sp³-hybridized carbons (Fsp3) is 0.185. The third-order valence-electron chi connectivity index (χ3n) is 5.93. The largest absolute Gasteiger partial charge is 0.477 e. The van der Waals surface area contributed by atoms with Crippen molar-refractivity contribution in [1.29, 1.82) is 0 Å². The number of anilines is 2. The van der Waals surface area contributed by atoms with Gasteiger partial charge in [-0.05, 0) is 30.4 Å². The standard InChI is InChI=1S/C27H25F2N3O3/c28-21-23(30)20-25(22(29)24(21)31-14-7-12-17-8-3-1-4-9-17)32(16-19(26(20)33)27(34)35)15-13-18-10-5-2-6-11-18/h1-6,8-11,16,31H,7,12-15,30H2,(H,34,35). The summed E-state index contributed by atoms with van der Waals surface area (Å²) in [5.41, 5.74) is 5.13. The molecule has 35 heavy (non-hydrogen) atoms. The minimum atomic E-state index is -1.49. The maximum absolute atomic E-state index is 15.7. The average Bonchev–Trinajstić information content (AvgIpc) is 2.87. The molecule has 0 saturated carbocycles. The molecule has 1 aromatic heterocycles. The number of carboxylic acids is 1. The van der Waals surface area contributed by atoms with E-state index in [1.165, 1.54) is 4.57 Å². The lowest BCUT2D eigenvalue weighted by atomic mass is 10.1. The van der Waals surface area contributed by atoms with Crippen molar-refractivity contribution in [2.45, 2.75) is 25.8 Å². The van der Waals surface area contributed by atoms with Crippen LogP contribution in [-0.2, 0) is 19.4 Å². The SMILES string of the molecule is Nc1c(F)c(NCCCc2ccccc2)c(F)c2c1c(=O)c(C(=O)O)cn2CCc1ccccc1. The Kier molecular flexibility index (Phi) is 7.10. The van der Waals surface area contributed by atoms with Crippen LogP contribution in [0.2, 0.25) is 0 Å².